The highest BCUT2D eigenvalue weighted by Crippen LogP contribution is 2.16. The van der Waals surface area contributed by atoms with Gasteiger partial charge in [0.15, 0.2) is 5.78 Å². The van der Waals surface area contributed by atoms with Gasteiger partial charge >= 0.3 is 0 Å². The molecule has 1 amide bonds. The van der Waals surface area contributed by atoms with Crippen molar-refractivity contribution < 1.29 is 14.0 Å². The first-order chi connectivity index (χ1) is 7.22. The average molecular weight is 207 g/mol. The van der Waals surface area contributed by atoms with E-state index in [-0.39, 0.29) is 18.2 Å². The standard InChI is InChI=1S/C11H13NO3/c1-2-10-9(4-6-15-10)11(14)12-5-3-8(13)7-12/h4,6H,2-3,5,7H2,1H3. The summed E-state index contributed by atoms with van der Waals surface area (Å²) in [7, 11) is 0. The number of ketones is 1. The highest BCUT2D eigenvalue weighted by Gasteiger charge is 2.26. The first-order valence-corrected chi connectivity index (χ1v) is 5.09. The molecule has 0 N–H and O–H groups in total. The number of aryl methyl sites for hydroxylation is 1. The van der Waals surface area contributed by atoms with Gasteiger partial charge in [-0.25, -0.2) is 0 Å². The second kappa shape index (κ2) is 3.88. The number of furan rings is 1. The molecule has 1 saturated heterocycles. The van der Waals surface area contributed by atoms with Crippen molar-refractivity contribution in [3.63, 3.8) is 0 Å². The van der Waals surface area contributed by atoms with E-state index in [2.05, 4.69) is 0 Å². The molecule has 2 rings (SSSR count). The molecule has 2 heterocycles. The molecule has 0 atom stereocenters. The highest BCUT2D eigenvalue weighted by atomic mass is 16.3. The quantitative estimate of drug-likeness (QED) is 0.733. The van der Waals surface area contributed by atoms with Crippen molar-refractivity contribution in [1.29, 1.82) is 0 Å². The van der Waals surface area contributed by atoms with Gasteiger partial charge in [0.1, 0.15) is 5.76 Å². The highest BCUT2D eigenvalue weighted by molar-refractivity contribution is 5.99. The maximum atomic E-state index is 11.9. The lowest BCUT2D eigenvalue weighted by molar-refractivity contribution is -0.116. The second-order valence-electron chi connectivity index (χ2n) is 3.63. The van der Waals surface area contributed by atoms with E-state index < -0.39 is 0 Å². The van der Waals surface area contributed by atoms with Crippen LogP contribution in [0.15, 0.2) is 16.7 Å². The topological polar surface area (TPSA) is 50.5 Å². The van der Waals surface area contributed by atoms with Crippen LogP contribution >= 0.6 is 0 Å². The van der Waals surface area contributed by atoms with Crippen molar-refractivity contribution in [2.24, 2.45) is 0 Å². The van der Waals surface area contributed by atoms with Gasteiger partial charge in [-0.05, 0) is 6.07 Å². The predicted molar refractivity (Wildman–Crippen MR) is 53.6 cm³/mol. The molecule has 1 fully saturated rings. The van der Waals surface area contributed by atoms with Crippen LogP contribution in [-0.2, 0) is 11.2 Å². The largest absolute Gasteiger partial charge is 0.469 e. The molecule has 0 aromatic carbocycles. The Morgan fingerprint density at radius 3 is 3.00 bits per heavy atom. The van der Waals surface area contributed by atoms with Crippen LogP contribution in [0.2, 0.25) is 0 Å². The minimum atomic E-state index is -0.0912. The summed E-state index contributed by atoms with van der Waals surface area (Å²) in [6.07, 6.45) is 2.69. The minimum Gasteiger partial charge on any atom is -0.469 e. The zero-order valence-electron chi connectivity index (χ0n) is 8.66. The number of likely N-dealkylation sites (tertiary alicyclic amines) is 1. The van der Waals surface area contributed by atoms with E-state index in [9.17, 15) is 9.59 Å². The van der Waals surface area contributed by atoms with E-state index in [0.29, 0.717) is 30.7 Å². The second-order valence-corrected chi connectivity index (χ2v) is 3.63. The van der Waals surface area contributed by atoms with Crippen molar-refractivity contribution in [3.8, 4) is 0 Å². The lowest BCUT2D eigenvalue weighted by Crippen LogP contribution is -2.29. The molecule has 0 spiro atoms. The first-order valence-electron chi connectivity index (χ1n) is 5.09. The molecule has 0 aliphatic carbocycles. The summed E-state index contributed by atoms with van der Waals surface area (Å²) in [5, 5.41) is 0. The van der Waals surface area contributed by atoms with Crippen LogP contribution in [0, 0.1) is 0 Å². The third-order valence-corrected chi connectivity index (χ3v) is 2.61. The first kappa shape index (κ1) is 9.96. The fourth-order valence-electron chi connectivity index (χ4n) is 1.78. The third kappa shape index (κ3) is 1.79. The van der Waals surface area contributed by atoms with Crippen molar-refractivity contribution in [2.45, 2.75) is 19.8 Å². The molecular weight excluding hydrogens is 194 g/mol. The molecule has 4 nitrogen and oxygen atoms in total. The molecule has 0 bridgehead atoms. The molecule has 1 aliphatic rings. The molecule has 1 aliphatic heterocycles. The van der Waals surface area contributed by atoms with Gasteiger partial charge in [0.05, 0.1) is 18.4 Å². The maximum Gasteiger partial charge on any atom is 0.257 e. The van der Waals surface area contributed by atoms with Crippen molar-refractivity contribution in [3.05, 3.63) is 23.7 Å². The predicted octanol–water partition coefficient (Wildman–Crippen LogP) is 1.26. The summed E-state index contributed by atoms with van der Waals surface area (Å²) >= 11 is 0. The Hall–Kier alpha value is -1.58. The average Bonchev–Trinajstić information content (AvgIpc) is 2.84. The van der Waals surface area contributed by atoms with Crippen LogP contribution < -0.4 is 0 Å². The van der Waals surface area contributed by atoms with Crippen LogP contribution in [0.4, 0.5) is 0 Å². The van der Waals surface area contributed by atoms with Gasteiger partial charge in [-0.15, -0.1) is 0 Å². The number of hydrogen-bond donors (Lipinski definition) is 0. The van der Waals surface area contributed by atoms with Gasteiger partial charge in [0.2, 0.25) is 0 Å². The Bertz CT molecular complexity index is 394. The summed E-state index contributed by atoms with van der Waals surface area (Å²) < 4.78 is 5.19. The zero-order chi connectivity index (χ0) is 10.8. The summed E-state index contributed by atoms with van der Waals surface area (Å²) in [6.45, 7) is 2.71. The van der Waals surface area contributed by atoms with Gasteiger partial charge in [-0.1, -0.05) is 6.92 Å². The Balaban J connectivity index is 2.17. The van der Waals surface area contributed by atoms with Crippen LogP contribution in [0.25, 0.3) is 0 Å². The normalized spacial score (nSPS) is 16.1. The van der Waals surface area contributed by atoms with Crippen LogP contribution in [0.3, 0.4) is 0 Å². The van der Waals surface area contributed by atoms with Gasteiger partial charge < -0.3 is 9.32 Å². The Morgan fingerprint density at radius 2 is 2.40 bits per heavy atom. The lowest BCUT2D eigenvalue weighted by Gasteiger charge is -2.13. The molecule has 15 heavy (non-hydrogen) atoms. The Morgan fingerprint density at radius 1 is 1.60 bits per heavy atom. The molecule has 1 aromatic rings. The molecule has 80 valence electrons. The number of rotatable bonds is 2. The van der Waals surface area contributed by atoms with Crippen LogP contribution in [0.5, 0.6) is 0 Å². The minimum absolute atomic E-state index is 0.0912. The molecule has 1 aromatic heterocycles. The molecule has 4 heteroatoms. The number of amides is 1. The van der Waals surface area contributed by atoms with Gasteiger partial charge in [0, 0.05) is 19.4 Å². The fraction of sp³-hybridized carbons (Fsp3) is 0.455. The van der Waals surface area contributed by atoms with E-state index in [4.69, 9.17) is 4.42 Å². The van der Waals surface area contributed by atoms with E-state index in [1.165, 1.54) is 6.26 Å². The fourth-order valence-corrected chi connectivity index (χ4v) is 1.78. The number of Topliss-reactive ketones (excluding diaryl/α,β-unsaturated/α-hetero) is 1. The number of hydrogen-bond acceptors (Lipinski definition) is 3. The van der Waals surface area contributed by atoms with E-state index >= 15 is 0 Å². The molecule has 0 unspecified atom stereocenters. The van der Waals surface area contributed by atoms with E-state index in [0.717, 1.165) is 0 Å². The number of nitrogens with zero attached hydrogens (tertiary/aromatic N) is 1. The van der Waals surface area contributed by atoms with Crippen molar-refractivity contribution in [2.75, 3.05) is 13.1 Å². The molecular formula is C11H13NO3. The maximum absolute atomic E-state index is 11.9. The molecule has 0 radical (unpaired) electrons. The smallest absolute Gasteiger partial charge is 0.257 e. The number of carbonyl (C=O) groups is 2. The summed E-state index contributed by atoms with van der Waals surface area (Å²) in [5.74, 6) is 0.732. The van der Waals surface area contributed by atoms with E-state index in [1.54, 1.807) is 11.0 Å². The SMILES string of the molecule is CCc1occc1C(=O)N1CCC(=O)C1. The van der Waals surface area contributed by atoms with Crippen molar-refractivity contribution in [1.82, 2.24) is 4.90 Å². The zero-order valence-corrected chi connectivity index (χ0v) is 8.66. The summed E-state index contributed by atoms with van der Waals surface area (Å²) in [6, 6.07) is 1.67. The van der Waals surface area contributed by atoms with E-state index in [1.807, 2.05) is 6.92 Å². The number of carbonyl (C=O) groups excluding carboxylic acids is 2. The Labute approximate surface area is 87.9 Å². The Kier molecular flexibility index (Phi) is 2.58. The lowest BCUT2D eigenvalue weighted by atomic mass is 10.2. The van der Waals surface area contributed by atoms with Crippen molar-refractivity contribution >= 4 is 11.7 Å². The van der Waals surface area contributed by atoms with Gasteiger partial charge in [-0.2, -0.15) is 0 Å². The van der Waals surface area contributed by atoms with Gasteiger partial charge in [-0.3, -0.25) is 9.59 Å². The summed E-state index contributed by atoms with van der Waals surface area (Å²) in [4.78, 5) is 24.6. The van der Waals surface area contributed by atoms with Crippen LogP contribution in [-0.4, -0.2) is 29.7 Å². The molecule has 0 saturated carbocycles. The summed E-state index contributed by atoms with van der Waals surface area (Å²) in [5.41, 5.74) is 0.590. The van der Waals surface area contributed by atoms with Crippen LogP contribution in [0.1, 0.15) is 29.5 Å². The third-order valence-electron chi connectivity index (χ3n) is 2.61. The monoisotopic (exact) mass is 207 g/mol. The van der Waals surface area contributed by atoms with Gasteiger partial charge in [0.25, 0.3) is 5.91 Å².